The van der Waals surface area contributed by atoms with E-state index in [2.05, 4.69) is 56.8 Å². The fourth-order valence-electron chi connectivity index (χ4n) is 4.36. The average molecular weight is 427 g/mol. The van der Waals surface area contributed by atoms with Gasteiger partial charge in [-0.3, -0.25) is 0 Å². The Morgan fingerprint density at radius 3 is 2.81 bits per heavy atom. The molecule has 0 spiro atoms. The molecule has 5 rings (SSSR count). The third-order valence-electron chi connectivity index (χ3n) is 5.76. The normalized spacial score (nSPS) is 25.1. The number of hydrogen-bond donors (Lipinski definition) is 2. The average Bonchev–Trinajstić information content (AvgIpc) is 3.35. The van der Waals surface area contributed by atoms with Gasteiger partial charge in [-0.1, -0.05) is 39.3 Å². The first-order valence-corrected chi connectivity index (χ1v) is 9.80. The van der Waals surface area contributed by atoms with Gasteiger partial charge < -0.3 is 20.0 Å². The highest BCUT2D eigenvalue weighted by atomic mass is 79.9. The maximum Gasteiger partial charge on any atom is 0.231 e. The SMILES string of the molecule is C/C(=N\O)c1ccc2c(c1)[C@@H]1C=CC[C@@H]1C(c1cc3c(cc1Br)OCO3)N2. The van der Waals surface area contributed by atoms with Crippen molar-refractivity contribution in [2.24, 2.45) is 11.1 Å². The van der Waals surface area contributed by atoms with Crippen LogP contribution in [0.4, 0.5) is 5.69 Å². The minimum absolute atomic E-state index is 0.167. The fourth-order valence-corrected chi connectivity index (χ4v) is 4.93. The molecule has 0 bridgehead atoms. The zero-order valence-corrected chi connectivity index (χ0v) is 16.4. The molecule has 5 nitrogen and oxygen atoms in total. The van der Waals surface area contributed by atoms with Gasteiger partial charge in [-0.2, -0.15) is 0 Å². The number of anilines is 1. The van der Waals surface area contributed by atoms with Gasteiger partial charge in [0.15, 0.2) is 11.5 Å². The second-order valence-corrected chi connectivity index (χ2v) is 8.04. The highest BCUT2D eigenvalue weighted by Crippen LogP contribution is 2.52. The van der Waals surface area contributed by atoms with Crippen molar-refractivity contribution in [2.75, 3.05) is 12.1 Å². The molecular weight excluding hydrogens is 408 g/mol. The van der Waals surface area contributed by atoms with Crippen LogP contribution in [-0.2, 0) is 0 Å². The highest BCUT2D eigenvalue weighted by Gasteiger charge is 2.39. The Morgan fingerprint density at radius 2 is 2.00 bits per heavy atom. The maximum atomic E-state index is 9.11. The first-order chi connectivity index (χ1) is 13.2. The summed E-state index contributed by atoms with van der Waals surface area (Å²) < 4.78 is 12.1. The summed E-state index contributed by atoms with van der Waals surface area (Å²) in [6.07, 6.45) is 5.58. The summed E-state index contributed by atoms with van der Waals surface area (Å²) in [5.41, 5.74) is 5.12. The van der Waals surface area contributed by atoms with Gasteiger partial charge in [-0.25, -0.2) is 0 Å². The Balaban J connectivity index is 1.58. The lowest BCUT2D eigenvalue weighted by atomic mass is 9.76. The summed E-state index contributed by atoms with van der Waals surface area (Å²) in [7, 11) is 0. The molecule has 2 aromatic carbocycles. The second kappa shape index (κ2) is 6.30. The monoisotopic (exact) mass is 426 g/mol. The van der Waals surface area contributed by atoms with E-state index in [0.29, 0.717) is 17.5 Å². The van der Waals surface area contributed by atoms with Gasteiger partial charge in [0.25, 0.3) is 0 Å². The molecule has 1 aliphatic carbocycles. The molecule has 3 aliphatic rings. The minimum Gasteiger partial charge on any atom is -0.454 e. The second-order valence-electron chi connectivity index (χ2n) is 7.19. The largest absolute Gasteiger partial charge is 0.454 e. The van der Waals surface area contributed by atoms with Gasteiger partial charge in [0.1, 0.15) is 0 Å². The number of nitrogens with zero attached hydrogens (tertiary/aromatic N) is 1. The van der Waals surface area contributed by atoms with Crippen LogP contribution >= 0.6 is 15.9 Å². The van der Waals surface area contributed by atoms with Crippen molar-refractivity contribution in [3.8, 4) is 11.5 Å². The molecule has 27 heavy (non-hydrogen) atoms. The van der Waals surface area contributed by atoms with Crippen LogP contribution in [0, 0.1) is 5.92 Å². The zero-order valence-electron chi connectivity index (χ0n) is 14.8. The topological polar surface area (TPSA) is 63.1 Å². The first kappa shape index (κ1) is 16.7. The van der Waals surface area contributed by atoms with Gasteiger partial charge in [-0.15, -0.1) is 0 Å². The summed E-state index contributed by atoms with van der Waals surface area (Å²) in [4.78, 5) is 0. The Hall–Kier alpha value is -2.47. The standard InChI is InChI=1S/C21H19BrN2O3/c1-11(24-25)12-5-6-18-15(7-12)13-3-2-4-14(13)21(23-18)16-8-19-20(9-17(16)22)27-10-26-19/h2-3,5-9,13-14,21,23,25H,4,10H2,1H3/b24-11+/t13-,14+,21?/m1/s1. The highest BCUT2D eigenvalue weighted by molar-refractivity contribution is 9.10. The number of oxime groups is 1. The van der Waals surface area contributed by atoms with E-state index < -0.39 is 0 Å². The lowest BCUT2D eigenvalue weighted by Gasteiger charge is -2.38. The first-order valence-electron chi connectivity index (χ1n) is 9.01. The molecule has 0 aromatic heterocycles. The number of fused-ring (bicyclic) bond motifs is 4. The van der Waals surface area contributed by atoms with Gasteiger partial charge in [0.05, 0.1) is 11.8 Å². The quantitative estimate of drug-likeness (QED) is 0.299. The molecule has 2 N–H and O–H groups in total. The van der Waals surface area contributed by atoms with Crippen molar-refractivity contribution >= 4 is 27.3 Å². The smallest absolute Gasteiger partial charge is 0.231 e. The summed E-state index contributed by atoms with van der Waals surface area (Å²) in [5.74, 6) is 2.32. The molecule has 0 amide bonds. The molecule has 1 unspecified atom stereocenters. The number of ether oxygens (including phenoxy) is 2. The number of rotatable bonds is 2. The number of benzene rings is 2. The van der Waals surface area contributed by atoms with Crippen molar-refractivity contribution < 1.29 is 14.7 Å². The Bertz CT molecular complexity index is 986. The van der Waals surface area contributed by atoms with Crippen molar-refractivity contribution in [2.45, 2.75) is 25.3 Å². The lowest BCUT2D eigenvalue weighted by Crippen LogP contribution is -2.29. The van der Waals surface area contributed by atoms with E-state index in [-0.39, 0.29) is 12.8 Å². The Kier molecular flexibility index (Phi) is 3.90. The summed E-state index contributed by atoms with van der Waals surface area (Å²) in [6, 6.07) is 10.5. The number of nitrogens with one attached hydrogen (secondary N) is 1. The predicted octanol–water partition coefficient (Wildman–Crippen LogP) is 5.20. The van der Waals surface area contributed by atoms with E-state index in [0.717, 1.165) is 33.6 Å². The van der Waals surface area contributed by atoms with Crippen LogP contribution in [0.5, 0.6) is 11.5 Å². The van der Waals surface area contributed by atoms with E-state index in [1.165, 1.54) is 11.1 Å². The third kappa shape index (κ3) is 2.62. The van der Waals surface area contributed by atoms with Crippen molar-refractivity contribution in [3.63, 3.8) is 0 Å². The lowest BCUT2D eigenvalue weighted by molar-refractivity contribution is 0.174. The zero-order chi connectivity index (χ0) is 18.5. The minimum atomic E-state index is 0.167. The molecule has 0 saturated carbocycles. The predicted molar refractivity (Wildman–Crippen MR) is 107 cm³/mol. The van der Waals surface area contributed by atoms with Crippen molar-refractivity contribution in [1.82, 2.24) is 0 Å². The van der Waals surface area contributed by atoms with Crippen LogP contribution in [-0.4, -0.2) is 17.7 Å². The molecule has 0 saturated heterocycles. The Labute approximate surface area is 165 Å². The van der Waals surface area contributed by atoms with E-state index >= 15 is 0 Å². The van der Waals surface area contributed by atoms with Crippen molar-refractivity contribution in [3.05, 3.63) is 63.6 Å². The Morgan fingerprint density at radius 1 is 1.19 bits per heavy atom. The molecule has 0 fully saturated rings. The molecule has 2 heterocycles. The van der Waals surface area contributed by atoms with Gasteiger partial charge in [0.2, 0.25) is 6.79 Å². The molecule has 3 atom stereocenters. The molecular formula is C21H19BrN2O3. The number of hydrogen-bond acceptors (Lipinski definition) is 5. The van der Waals surface area contributed by atoms with Crippen molar-refractivity contribution in [1.29, 1.82) is 0 Å². The summed E-state index contributed by atoms with van der Waals surface area (Å²) in [5, 5.41) is 16.2. The molecule has 0 radical (unpaired) electrons. The molecule has 6 heteroatoms. The fraction of sp³-hybridized carbons (Fsp3) is 0.286. The van der Waals surface area contributed by atoms with Gasteiger partial charge >= 0.3 is 0 Å². The van der Waals surface area contributed by atoms with Crippen LogP contribution in [0.1, 0.15) is 42.0 Å². The van der Waals surface area contributed by atoms with E-state index in [1.54, 1.807) is 0 Å². The number of halogens is 1. The molecule has 138 valence electrons. The van der Waals surface area contributed by atoms with E-state index in [1.807, 2.05) is 19.1 Å². The van der Waals surface area contributed by atoms with E-state index in [9.17, 15) is 0 Å². The van der Waals surface area contributed by atoms with Crippen LogP contribution in [0.25, 0.3) is 0 Å². The van der Waals surface area contributed by atoms with Crippen LogP contribution in [0.3, 0.4) is 0 Å². The summed E-state index contributed by atoms with van der Waals surface area (Å²) >= 11 is 3.72. The van der Waals surface area contributed by atoms with Gasteiger partial charge in [-0.05, 0) is 60.2 Å². The molecule has 2 aromatic rings. The molecule has 2 aliphatic heterocycles. The summed E-state index contributed by atoms with van der Waals surface area (Å²) in [6.45, 7) is 2.08. The van der Waals surface area contributed by atoms with Gasteiger partial charge in [0, 0.05) is 16.1 Å². The number of allylic oxidation sites excluding steroid dienone is 2. The van der Waals surface area contributed by atoms with E-state index in [4.69, 9.17) is 14.7 Å². The maximum absolute atomic E-state index is 9.11. The van der Waals surface area contributed by atoms with Crippen LogP contribution in [0.15, 0.2) is 52.1 Å². The third-order valence-corrected chi connectivity index (χ3v) is 6.44. The van der Waals surface area contributed by atoms with Crippen LogP contribution in [0.2, 0.25) is 0 Å². The van der Waals surface area contributed by atoms with Crippen LogP contribution < -0.4 is 14.8 Å².